The minimum absolute atomic E-state index is 0.143. The van der Waals surface area contributed by atoms with Crippen molar-refractivity contribution >= 4 is 29.2 Å². The molecule has 37 heavy (non-hydrogen) atoms. The van der Waals surface area contributed by atoms with Crippen molar-refractivity contribution in [3.05, 3.63) is 47.9 Å². The van der Waals surface area contributed by atoms with Crippen LogP contribution in [0.2, 0.25) is 0 Å². The summed E-state index contributed by atoms with van der Waals surface area (Å²) in [6, 6.07) is 6.71. The number of rotatable bonds is 12. The van der Waals surface area contributed by atoms with Crippen LogP contribution in [0.25, 0.3) is 0 Å². The molecular weight excluding hydrogens is 513 g/mol. The molecule has 202 valence electrons. The number of carbonyl (C=O) groups is 1. The molecular formula is C26H36N3O6PS. The molecule has 2 aromatic rings. The monoisotopic (exact) mass is 549 g/mol. The first-order valence-electron chi connectivity index (χ1n) is 12.9. The lowest BCUT2D eigenvalue weighted by Gasteiger charge is -2.21. The highest BCUT2D eigenvalue weighted by atomic mass is 32.2. The molecule has 2 unspecified atom stereocenters. The van der Waals surface area contributed by atoms with Gasteiger partial charge in [-0.05, 0) is 49.8 Å². The van der Waals surface area contributed by atoms with E-state index in [4.69, 9.17) is 9.05 Å². The summed E-state index contributed by atoms with van der Waals surface area (Å²) in [5.74, 6) is 0.907. The number of anilines is 1. The van der Waals surface area contributed by atoms with Crippen molar-refractivity contribution in [2.75, 3.05) is 30.9 Å². The second-order valence-corrected chi connectivity index (χ2v) is 14.1. The molecule has 1 N–H and O–H groups in total. The smallest absolute Gasteiger partial charge is 0.309 e. The Morgan fingerprint density at radius 1 is 1.08 bits per heavy atom. The SMILES string of the molecule is CCOP(=O)(CCc1cnc(NC(=O)C2(c3ccc(S(C)(=O)=O)cc3)CC2C2CCCC2)cn1)OCC. The van der Waals surface area contributed by atoms with Crippen LogP contribution >= 0.6 is 7.60 Å². The highest BCUT2D eigenvalue weighted by Crippen LogP contribution is 2.61. The number of amides is 1. The van der Waals surface area contributed by atoms with Crippen LogP contribution in [-0.2, 0) is 40.1 Å². The molecule has 2 aliphatic carbocycles. The standard InChI is InChI=1S/C26H36N3O6PS/c1-4-34-36(31,35-5-2)15-14-21-17-28-24(18-27-21)29-25(30)26(16-23(26)19-8-6-7-9-19)20-10-12-22(13-11-20)37(3,32)33/h10-13,17-19,23H,4-9,14-16H2,1-3H3,(H,28,29,30). The van der Waals surface area contributed by atoms with Gasteiger partial charge in [0.15, 0.2) is 15.7 Å². The quantitative estimate of drug-likeness (QED) is 0.375. The number of aromatic nitrogens is 2. The van der Waals surface area contributed by atoms with E-state index in [2.05, 4.69) is 15.3 Å². The Morgan fingerprint density at radius 2 is 1.73 bits per heavy atom. The number of benzene rings is 1. The van der Waals surface area contributed by atoms with Gasteiger partial charge in [0.2, 0.25) is 5.91 Å². The van der Waals surface area contributed by atoms with Crippen LogP contribution in [0.5, 0.6) is 0 Å². The molecule has 1 aromatic carbocycles. The van der Waals surface area contributed by atoms with Gasteiger partial charge in [-0.3, -0.25) is 14.3 Å². The third-order valence-electron chi connectivity index (χ3n) is 7.43. The summed E-state index contributed by atoms with van der Waals surface area (Å²) >= 11 is 0. The van der Waals surface area contributed by atoms with Gasteiger partial charge >= 0.3 is 7.60 Å². The Hall–Kier alpha value is -2.13. The summed E-state index contributed by atoms with van der Waals surface area (Å²) in [4.78, 5) is 22.7. The van der Waals surface area contributed by atoms with E-state index in [-0.39, 0.29) is 22.9 Å². The number of hydrogen-bond donors (Lipinski definition) is 1. The number of nitrogens with zero attached hydrogens (tertiary/aromatic N) is 2. The summed E-state index contributed by atoms with van der Waals surface area (Å²) in [5.41, 5.74) is 0.757. The highest BCUT2D eigenvalue weighted by molar-refractivity contribution is 7.90. The molecule has 1 aromatic heterocycles. The lowest BCUT2D eigenvalue weighted by atomic mass is 9.86. The summed E-state index contributed by atoms with van der Waals surface area (Å²) in [6.45, 7) is 4.14. The molecule has 1 heterocycles. The zero-order valence-corrected chi connectivity index (χ0v) is 23.4. The second-order valence-electron chi connectivity index (χ2n) is 9.89. The largest absolute Gasteiger partial charge is 0.331 e. The number of aryl methyl sites for hydroxylation is 1. The molecule has 2 atom stereocenters. The van der Waals surface area contributed by atoms with Gasteiger partial charge in [-0.1, -0.05) is 37.8 Å². The second kappa shape index (κ2) is 11.3. The van der Waals surface area contributed by atoms with E-state index in [0.717, 1.165) is 24.8 Å². The summed E-state index contributed by atoms with van der Waals surface area (Å²) in [7, 11) is -6.49. The third kappa shape index (κ3) is 6.30. The molecule has 0 radical (unpaired) electrons. The van der Waals surface area contributed by atoms with Crippen LogP contribution in [0.3, 0.4) is 0 Å². The molecule has 9 nitrogen and oxygen atoms in total. The average molecular weight is 550 g/mol. The van der Waals surface area contributed by atoms with Gasteiger partial charge in [0.25, 0.3) is 0 Å². The van der Waals surface area contributed by atoms with Crippen molar-refractivity contribution in [2.45, 2.75) is 62.7 Å². The normalized spacial score (nSPS) is 22.2. The summed E-state index contributed by atoms with van der Waals surface area (Å²) in [6.07, 6.45) is 10.1. The zero-order chi connectivity index (χ0) is 26.7. The zero-order valence-electron chi connectivity index (χ0n) is 21.7. The van der Waals surface area contributed by atoms with Gasteiger partial charge in [-0.2, -0.15) is 0 Å². The number of nitrogens with one attached hydrogen (secondary N) is 1. The summed E-state index contributed by atoms with van der Waals surface area (Å²) < 4.78 is 47.2. The maximum atomic E-state index is 13.7. The van der Waals surface area contributed by atoms with Gasteiger partial charge in [-0.15, -0.1) is 0 Å². The van der Waals surface area contributed by atoms with Crippen LogP contribution in [-0.4, -0.2) is 49.9 Å². The van der Waals surface area contributed by atoms with Gasteiger partial charge in [0.05, 0.1) is 47.8 Å². The molecule has 0 spiro atoms. The highest BCUT2D eigenvalue weighted by Gasteiger charge is 2.63. The average Bonchev–Trinajstić information content (AvgIpc) is 3.39. The maximum Gasteiger partial charge on any atom is 0.331 e. The van der Waals surface area contributed by atoms with Crippen LogP contribution < -0.4 is 5.32 Å². The van der Waals surface area contributed by atoms with Crippen molar-refractivity contribution in [3.63, 3.8) is 0 Å². The van der Waals surface area contributed by atoms with Crippen LogP contribution in [0, 0.1) is 11.8 Å². The minimum atomic E-state index is -3.32. The molecule has 0 aliphatic heterocycles. The lowest BCUT2D eigenvalue weighted by molar-refractivity contribution is -0.119. The molecule has 0 saturated heterocycles. The number of hydrogen-bond acceptors (Lipinski definition) is 8. The van der Waals surface area contributed by atoms with E-state index in [9.17, 15) is 17.8 Å². The van der Waals surface area contributed by atoms with Crippen LogP contribution in [0.4, 0.5) is 5.82 Å². The predicted molar refractivity (Wildman–Crippen MR) is 141 cm³/mol. The molecule has 4 rings (SSSR count). The van der Waals surface area contributed by atoms with Crippen molar-refractivity contribution in [1.29, 1.82) is 0 Å². The third-order valence-corrected chi connectivity index (χ3v) is 10.6. The van der Waals surface area contributed by atoms with Crippen molar-refractivity contribution in [3.8, 4) is 0 Å². The van der Waals surface area contributed by atoms with Crippen molar-refractivity contribution in [2.24, 2.45) is 11.8 Å². The minimum Gasteiger partial charge on any atom is -0.309 e. The van der Waals surface area contributed by atoms with E-state index in [0.29, 0.717) is 37.1 Å². The topological polar surface area (TPSA) is 125 Å². The Morgan fingerprint density at radius 3 is 2.27 bits per heavy atom. The Kier molecular flexibility index (Phi) is 8.53. The first kappa shape index (κ1) is 27.9. The van der Waals surface area contributed by atoms with Gasteiger partial charge in [0.1, 0.15) is 0 Å². The van der Waals surface area contributed by atoms with E-state index in [1.165, 1.54) is 25.3 Å². The Labute approximate surface area is 219 Å². The van der Waals surface area contributed by atoms with E-state index in [1.54, 1.807) is 44.3 Å². The Balaban J connectivity index is 1.48. The lowest BCUT2D eigenvalue weighted by Crippen LogP contribution is -2.31. The van der Waals surface area contributed by atoms with Crippen LogP contribution in [0.15, 0.2) is 41.6 Å². The molecule has 0 bridgehead atoms. The molecule has 2 fully saturated rings. The molecule has 11 heteroatoms. The van der Waals surface area contributed by atoms with Gasteiger partial charge in [0, 0.05) is 12.7 Å². The fourth-order valence-corrected chi connectivity index (χ4v) is 7.78. The first-order chi connectivity index (χ1) is 17.6. The van der Waals surface area contributed by atoms with E-state index in [1.807, 2.05) is 0 Å². The first-order valence-corrected chi connectivity index (χ1v) is 16.5. The van der Waals surface area contributed by atoms with Gasteiger partial charge in [-0.25, -0.2) is 13.4 Å². The Bertz CT molecular complexity index is 1240. The summed E-state index contributed by atoms with van der Waals surface area (Å²) in [5, 5.41) is 2.95. The van der Waals surface area contributed by atoms with E-state index < -0.39 is 22.8 Å². The van der Waals surface area contributed by atoms with Crippen LogP contribution in [0.1, 0.15) is 57.2 Å². The van der Waals surface area contributed by atoms with Gasteiger partial charge < -0.3 is 14.4 Å². The maximum absolute atomic E-state index is 13.7. The number of carbonyl (C=O) groups excluding carboxylic acids is 1. The predicted octanol–water partition coefficient (Wildman–Crippen LogP) is 4.78. The fourth-order valence-electron chi connectivity index (χ4n) is 5.53. The van der Waals surface area contributed by atoms with Crippen molar-refractivity contribution in [1.82, 2.24) is 9.97 Å². The van der Waals surface area contributed by atoms with E-state index >= 15 is 0 Å². The molecule has 2 saturated carbocycles. The van der Waals surface area contributed by atoms with Crippen molar-refractivity contribution < 1.29 is 26.8 Å². The molecule has 1 amide bonds. The number of sulfone groups is 1. The fraction of sp³-hybridized carbons (Fsp3) is 0.577. The molecule has 2 aliphatic rings.